The van der Waals surface area contributed by atoms with Crippen molar-refractivity contribution in [1.82, 2.24) is 5.32 Å². The second-order valence-corrected chi connectivity index (χ2v) is 12.0. The second kappa shape index (κ2) is 14.9. The minimum atomic E-state index is -1.32. The van der Waals surface area contributed by atoms with Crippen molar-refractivity contribution in [2.24, 2.45) is 4.99 Å². The number of amides is 1. The fraction of sp³-hybridized carbons (Fsp3) is 0.200. The molecule has 0 spiro atoms. The van der Waals surface area contributed by atoms with E-state index in [-0.39, 0.29) is 25.5 Å². The second-order valence-electron chi connectivity index (χ2n) is 10.3. The number of aliphatic imine (C=N–C) groups is 1. The first-order valence-corrected chi connectivity index (χ1v) is 15.7. The third-order valence-electron chi connectivity index (χ3n) is 7.18. The summed E-state index contributed by atoms with van der Waals surface area (Å²) in [5, 5.41) is 13.0. The molecule has 1 heterocycles. The number of aliphatic hydroxyl groups excluding tert-OH is 1. The van der Waals surface area contributed by atoms with Crippen molar-refractivity contribution < 1.29 is 19.4 Å². The average molecular weight is 694 g/mol. The number of rotatable bonds is 12. The average Bonchev–Trinajstić information content (AvgIpc) is 3.43. The van der Waals surface area contributed by atoms with Crippen LogP contribution in [0.4, 0.5) is 0 Å². The van der Waals surface area contributed by atoms with Crippen LogP contribution >= 0.6 is 39.1 Å². The van der Waals surface area contributed by atoms with Gasteiger partial charge in [0.1, 0.15) is 5.75 Å². The topological polar surface area (TPSA) is 80.2 Å². The smallest absolute Gasteiger partial charge is 0.252 e. The van der Waals surface area contributed by atoms with Crippen molar-refractivity contribution in [3.8, 4) is 5.75 Å². The molecular weight excluding hydrogens is 663 g/mol. The number of nitrogens with one attached hydrogen (secondary N) is 1. The Morgan fingerprint density at radius 2 is 1.75 bits per heavy atom. The molecule has 6 nitrogen and oxygen atoms in total. The molecule has 0 fully saturated rings. The van der Waals surface area contributed by atoms with E-state index in [1.807, 2.05) is 97.1 Å². The predicted octanol–water partition coefficient (Wildman–Crippen LogP) is 8.19. The molecule has 1 aliphatic rings. The van der Waals surface area contributed by atoms with E-state index in [0.29, 0.717) is 40.3 Å². The molecule has 2 atom stereocenters. The summed E-state index contributed by atoms with van der Waals surface area (Å²) in [6, 6.07) is 30.3. The molecule has 1 aliphatic heterocycles. The Morgan fingerprint density at radius 3 is 2.45 bits per heavy atom. The maximum Gasteiger partial charge on any atom is 0.252 e. The molecular formula is C35H31BrCl2N2O4. The maximum absolute atomic E-state index is 14.3. The lowest BCUT2D eigenvalue weighted by molar-refractivity contribution is -0.129. The van der Waals surface area contributed by atoms with Crippen LogP contribution in [0.1, 0.15) is 41.2 Å². The molecule has 0 saturated carbocycles. The lowest BCUT2D eigenvalue weighted by atomic mass is 9.84. The van der Waals surface area contributed by atoms with Gasteiger partial charge >= 0.3 is 0 Å². The fourth-order valence-corrected chi connectivity index (χ4v) is 5.46. The Bertz CT molecular complexity index is 1630. The van der Waals surface area contributed by atoms with E-state index in [1.54, 1.807) is 12.1 Å². The number of hydrogen-bond acceptors (Lipinski definition) is 5. The zero-order valence-electron chi connectivity index (χ0n) is 23.8. The molecule has 5 rings (SSSR count). The minimum absolute atomic E-state index is 0.0636. The van der Waals surface area contributed by atoms with Crippen LogP contribution in [0.15, 0.2) is 113 Å². The van der Waals surface area contributed by atoms with Gasteiger partial charge < -0.3 is 19.9 Å². The molecule has 0 radical (unpaired) electrons. The predicted molar refractivity (Wildman–Crippen MR) is 179 cm³/mol. The summed E-state index contributed by atoms with van der Waals surface area (Å²) >= 11 is 15.9. The highest BCUT2D eigenvalue weighted by molar-refractivity contribution is 9.10. The van der Waals surface area contributed by atoms with Gasteiger partial charge in [-0.25, -0.2) is 4.99 Å². The summed E-state index contributed by atoms with van der Waals surface area (Å²) in [5.41, 5.74) is 2.03. The quantitative estimate of drug-likeness (QED) is 0.147. The Balaban J connectivity index is 1.52. The summed E-state index contributed by atoms with van der Waals surface area (Å²) < 4.78 is 13.2. The van der Waals surface area contributed by atoms with Crippen LogP contribution in [0.25, 0.3) is 6.08 Å². The molecule has 1 amide bonds. The normalized spacial score (nSPS) is 17.7. The number of carbonyl (C=O) groups is 1. The summed E-state index contributed by atoms with van der Waals surface area (Å²) in [4.78, 5) is 19.4. The molecule has 0 bridgehead atoms. The van der Waals surface area contributed by atoms with E-state index in [2.05, 4.69) is 21.2 Å². The SMILES string of the molecule is O=C(NCc1ccc(Cl)c(Cl)c1)[C@]1(C/C=C/c2ccccc2)N=C(c2ccc(OCCCO)cc2)O[C@@H]1c1ccc(Br)cc1. The third-order valence-corrected chi connectivity index (χ3v) is 8.45. The van der Waals surface area contributed by atoms with Gasteiger partial charge in [-0.2, -0.15) is 0 Å². The number of ether oxygens (including phenoxy) is 2. The number of aliphatic hydroxyl groups is 1. The van der Waals surface area contributed by atoms with E-state index >= 15 is 0 Å². The van der Waals surface area contributed by atoms with Crippen LogP contribution in [0, 0.1) is 0 Å². The highest BCUT2D eigenvalue weighted by Gasteiger charge is 2.52. The monoisotopic (exact) mass is 692 g/mol. The van der Waals surface area contributed by atoms with Crippen molar-refractivity contribution in [2.75, 3.05) is 13.2 Å². The summed E-state index contributed by atoms with van der Waals surface area (Å²) in [5.74, 6) is 0.743. The molecule has 4 aromatic carbocycles. The van der Waals surface area contributed by atoms with Crippen molar-refractivity contribution in [3.63, 3.8) is 0 Å². The first-order valence-electron chi connectivity index (χ1n) is 14.2. The summed E-state index contributed by atoms with van der Waals surface area (Å²) in [7, 11) is 0. The zero-order chi connectivity index (χ0) is 30.9. The van der Waals surface area contributed by atoms with Crippen LogP contribution < -0.4 is 10.1 Å². The third kappa shape index (κ3) is 7.71. The van der Waals surface area contributed by atoms with Gasteiger partial charge in [-0.15, -0.1) is 0 Å². The van der Waals surface area contributed by atoms with Gasteiger partial charge in [-0.1, -0.05) is 99.8 Å². The number of benzene rings is 4. The maximum atomic E-state index is 14.3. The van der Waals surface area contributed by atoms with Crippen LogP contribution in [0.3, 0.4) is 0 Å². The molecule has 226 valence electrons. The largest absolute Gasteiger partial charge is 0.494 e. The van der Waals surface area contributed by atoms with E-state index in [4.69, 9.17) is 42.8 Å². The number of nitrogens with zero attached hydrogens (tertiary/aromatic N) is 1. The molecule has 4 aromatic rings. The number of hydrogen-bond donors (Lipinski definition) is 2. The molecule has 0 aliphatic carbocycles. The molecule has 0 aromatic heterocycles. The molecule has 0 saturated heterocycles. The van der Waals surface area contributed by atoms with Gasteiger partial charge in [0.2, 0.25) is 5.90 Å². The Kier molecular flexibility index (Phi) is 10.8. The molecule has 0 unspecified atom stereocenters. The summed E-state index contributed by atoms with van der Waals surface area (Å²) in [6.45, 7) is 0.709. The fourth-order valence-electron chi connectivity index (χ4n) is 4.88. The Morgan fingerprint density at radius 1 is 1.00 bits per heavy atom. The lowest BCUT2D eigenvalue weighted by Gasteiger charge is -2.30. The van der Waals surface area contributed by atoms with Crippen LogP contribution in [0.2, 0.25) is 10.0 Å². The summed E-state index contributed by atoms with van der Waals surface area (Å²) in [6.07, 6.45) is 4.07. The number of halogens is 3. The lowest BCUT2D eigenvalue weighted by Crippen LogP contribution is -2.47. The van der Waals surface area contributed by atoms with Gasteiger partial charge in [-0.3, -0.25) is 4.79 Å². The van der Waals surface area contributed by atoms with E-state index in [0.717, 1.165) is 21.2 Å². The van der Waals surface area contributed by atoms with Gasteiger partial charge in [0.25, 0.3) is 5.91 Å². The standard InChI is InChI=1S/C35H31BrCl2N2O4/c36-28-14-10-26(11-15-28)32-35(19-4-8-24-6-2-1-3-7-24,34(42)39-23-25-9-18-30(37)31(38)22-25)40-33(44-32)27-12-16-29(17-13-27)43-21-5-20-41/h1-4,6-18,22,32,41H,5,19-21,23H2,(H,39,42)/b8-4+/t32-,35-/m1/s1. The van der Waals surface area contributed by atoms with E-state index in [9.17, 15) is 4.79 Å². The van der Waals surface area contributed by atoms with Gasteiger partial charge in [0.05, 0.1) is 16.7 Å². The Labute approximate surface area is 275 Å². The highest BCUT2D eigenvalue weighted by atomic mass is 79.9. The zero-order valence-corrected chi connectivity index (χ0v) is 26.9. The minimum Gasteiger partial charge on any atom is -0.494 e. The first-order chi connectivity index (χ1) is 21.4. The van der Waals surface area contributed by atoms with Crippen LogP contribution in [-0.2, 0) is 16.1 Å². The van der Waals surface area contributed by atoms with Crippen molar-refractivity contribution in [1.29, 1.82) is 0 Å². The molecule has 9 heteroatoms. The van der Waals surface area contributed by atoms with Gasteiger partial charge in [-0.05, 0) is 65.2 Å². The highest BCUT2D eigenvalue weighted by Crippen LogP contribution is 2.43. The van der Waals surface area contributed by atoms with Crippen molar-refractivity contribution >= 4 is 57.0 Å². The van der Waals surface area contributed by atoms with Gasteiger partial charge in [0, 0.05) is 36.0 Å². The molecule has 44 heavy (non-hydrogen) atoms. The molecule has 2 N–H and O–H groups in total. The Hall–Kier alpha value is -3.62. The van der Waals surface area contributed by atoms with E-state index in [1.165, 1.54) is 0 Å². The van der Waals surface area contributed by atoms with Crippen molar-refractivity contribution in [2.45, 2.75) is 31.0 Å². The van der Waals surface area contributed by atoms with E-state index < -0.39 is 11.6 Å². The first kappa shape index (κ1) is 31.8. The van der Waals surface area contributed by atoms with Crippen molar-refractivity contribution in [3.05, 3.63) is 140 Å². The van der Waals surface area contributed by atoms with Crippen LogP contribution in [-0.4, -0.2) is 35.7 Å². The van der Waals surface area contributed by atoms with Crippen LogP contribution in [0.5, 0.6) is 5.75 Å². The van der Waals surface area contributed by atoms with Gasteiger partial charge in [0.15, 0.2) is 11.6 Å². The number of carbonyl (C=O) groups excluding carboxylic acids is 1.